The van der Waals surface area contributed by atoms with E-state index in [1.54, 1.807) is 18.0 Å². The van der Waals surface area contributed by atoms with Gasteiger partial charge in [-0.15, -0.1) is 0 Å². The molecular weight excluding hydrogens is 669 g/mol. The Morgan fingerprint density at radius 1 is 1.02 bits per heavy atom. The molecule has 0 bridgehead atoms. The fourth-order valence-corrected chi connectivity index (χ4v) is 7.57. The van der Waals surface area contributed by atoms with E-state index in [1.807, 2.05) is 90.6 Å². The largest absolute Gasteiger partial charge is 0.471 e. The molecule has 2 aliphatic heterocycles. The number of nitrogens with one attached hydrogen (secondary N) is 1. The van der Waals surface area contributed by atoms with E-state index < -0.39 is 30.3 Å². The summed E-state index contributed by atoms with van der Waals surface area (Å²) >= 11 is 1.62. The number of hydrogen-bond acceptors (Lipinski definition) is 7. The minimum Gasteiger partial charge on any atom is -0.392 e. The van der Waals surface area contributed by atoms with Crippen molar-refractivity contribution in [2.75, 3.05) is 12.3 Å². The SMILES string of the molecule is C[C@@H]1[C@H](CSc2nccn2C)O[C@H](c2ccc(-c3ccccc3CNC(=O)[C@@H]3CCCN3C(=O)C(F)(F)F)cc2)O[C@@H]1c1ccc(CO)cc1. The van der Waals surface area contributed by atoms with Gasteiger partial charge in [0.05, 0.1) is 18.8 Å². The molecule has 3 heterocycles. The van der Waals surface area contributed by atoms with Crippen molar-refractivity contribution < 1.29 is 37.3 Å². The summed E-state index contributed by atoms with van der Waals surface area (Å²) in [6, 6.07) is 21.9. The number of benzene rings is 3. The second-order valence-electron chi connectivity index (χ2n) is 12.6. The van der Waals surface area contributed by atoms with Crippen LogP contribution in [0.4, 0.5) is 13.2 Å². The van der Waals surface area contributed by atoms with Crippen molar-refractivity contribution in [2.24, 2.45) is 13.0 Å². The average Bonchev–Trinajstić information content (AvgIpc) is 3.79. The summed E-state index contributed by atoms with van der Waals surface area (Å²) in [7, 11) is 1.95. The number of ether oxygens (including phenoxy) is 2. The Kier molecular flexibility index (Phi) is 11.0. The van der Waals surface area contributed by atoms with Crippen molar-refractivity contribution in [3.8, 4) is 11.1 Å². The zero-order valence-electron chi connectivity index (χ0n) is 27.7. The minimum absolute atomic E-state index is 0.0169. The normalized spacial score (nSPS) is 22.4. The molecule has 264 valence electrons. The predicted molar refractivity (Wildman–Crippen MR) is 181 cm³/mol. The summed E-state index contributed by atoms with van der Waals surface area (Å²) in [5.74, 6) is -1.91. The fraction of sp³-hybridized carbons (Fsp3) is 0.378. The zero-order valence-corrected chi connectivity index (χ0v) is 28.5. The van der Waals surface area contributed by atoms with Crippen molar-refractivity contribution in [1.82, 2.24) is 19.8 Å². The summed E-state index contributed by atoms with van der Waals surface area (Å²) in [6.07, 6.45) is -1.93. The van der Waals surface area contributed by atoms with Crippen LogP contribution in [0.15, 0.2) is 90.3 Å². The molecule has 2 amide bonds. The van der Waals surface area contributed by atoms with Crippen LogP contribution < -0.4 is 5.32 Å². The van der Waals surface area contributed by atoms with Crippen LogP contribution in [0.1, 0.15) is 54.4 Å². The topological polar surface area (TPSA) is 106 Å². The van der Waals surface area contributed by atoms with Gasteiger partial charge in [0.25, 0.3) is 0 Å². The Bertz CT molecular complexity index is 1780. The number of thioether (sulfide) groups is 1. The van der Waals surface area contributed by atoms with E-state index in [9.17, 15) is 27.9 Å². The molecule has 0 aliphatic carbocycles. The molecule has 2 aliphatic rings. The highest BCUT2D eigenvalue weighted by molar-refractivity contribution is 7.99. The number of nitrogens with zero attached hydrogens (tertiary/aromatic N) is 3. The third kappa shape index (κ3) is 7.91. The highest BCUT2D eigenvalue weighted by Crippen LogP contribution is 2.43. The van der Waals surface area contributed by atoms with Gasteiger partial charge in [0.2, 0.25) is 5.91 Å². The average molecular weight is 709 g/mol. The van der Waals surface area contributed by atoms with Gasteiger partial charge in [0, 0.05) is 49.8 Å². The van der Waals surface area contributed by atoms with Gasteiger partial charge in [-0.05, 0) is 40.7 Å². The second kappa shape index (κ2) is 15.4. The van der Waals surface area contributed by atoms with Crippen molar-refractivity contribution in [3.63, 3.8) is 0 Å². The molecule has 2 saturated heterocycles. The van der Waals surface area contributed by atoms with Crippen LogP contribution in [-0.4, -0.2) is 62.0 Å². The van der Waals surface area contributed by atoms with E-state index in [2.05, 4.69) is 17.2 Å². The summed E-state index contributed by atoms with van der Waals surface area (Å²) in [5.41, 5.74) is 5.13. The summed E-state index contributed by atoms with van der Waals surface area (Å²) in [5, 5.41) is 13.2. The zero-order chi connectivity index (χ0) is 35.4. The maximum atomic E-state index is 13.1. The molecule has 13 heteroatoms. The number of rotatable bonds is 10. The minimum atomic E-state index is -5.03. The number of likely N-dealkylation sites (tertiary alicyclic amines) is 1. The molecule has 0 radical (unpaired) electrons. The van der Waals surface area contributed by atoms with Crippen LogP contribution >= 0.6 is 11.8 Å². The van der Waals surface area contributed by atoms with Gasteiger partial charge in [0.15, 0.2) is 11.4 Å². The van der Waals surface area contributed by atoms with Gasteiger partial charge in [0.1, 0.15) is 6.04 Å². The van der Waals surface area contributed by atoms with Gasteiger partial charge in [-0.25, -0.2) is 4.98 Å². The number of hydrogen-bond donors (Lipinski definition) is 2. The first-order valence-corrected chi connectivity index (χ1v) is 17.5. The maximum Gasteiger partial charge on any atom is 0.471 e. The lowest BCUT2D eigenvalue weighted by Gasteiger charge is -2.41. The van der Waals surface area contributed by atoms with Crippen molar-refractivity contribution >= 4 is 23.6 Å². The van der Waals surface area contributed by atoms with E-state index >= 15 is 0 Å². The smallest absolute Gasteiger partial charge is 0.392 e. The van der Waals surface area contributed by atoms with Gasteiger partial charge in [-0.3, -0.25) is 9.59 Å². The van der Waals surface area contributed by atoms with Crippen LogP contribution in [0.2, 0.25) is 0 Å². The van der Waals surface area contributed by atoms with Crippen LogP contribution in [0.3, 0.4) is 0 Å². The molecule has 3 aromatic carbocycles. The van der Waals surface area contributed by atoms with Crippen LogP contribution in [0.5, 0.6) is 0 Å². The Morgan fingerprint density at radius 3 is 2.42 bits per heavy atom. The number of aliphatic hydroxyl groups is 1. The molecule has 5 atom stereocenters. The van der Waals surface area contributed by atoms with Gasteiger partial charge in [-0.2, -0.15) is 13.2 Å². The molecule has 2 N–H and O–H groups in total. The van der Waals surface area contributed by atoms with Crippen molar-refractivity contribution in [1.29, 1.82) is 0 Å². The highest BCUT2D eigenvalue weighted by atomic mass is 32.2. The van der Waals surface area contributed by atoms with Gasteiger partial charge < -0.3 is 29.4 Å². The number of imidazole rings is 1. The molecule has 0 unspecified atom stereocenters. The Morgan fingerprint density at radius 2 is 1.74 bits per heavy atom. The first-order valence-electron chi connectivity index (χ1n) is 16.5. The summed E-state index contributed by atoms with van der Waals surface area (Å²) in [4.78, 5) is 29.9. The second-order valence-corrected chi connectivity index (χ2v) is 13.6. The first kappa shape index (κ1) is 35.6. The standard InChI is InChI=1S/C37H39F3N4O5S/c1-23-31(22-50-36-41-17-19-43(36)2)48-34(49-32(23)26-11-9-24(21-45)10-12-26)27-15-13-25(14-16-27)29-7-4-3-6-28(29)20-42-33(46)30-8-5-18-44(30)35(47)37(38,39)40/h3-4,6-7,9-17,19,23,30-32,34,45H,5,8,18,20-22H2,1-2H3,(H,42,46)/t23-,30+,31+,32+,34+/m1/s1. The number of aromatic nitrogens is 2. The van der Waals surface area contributed by atoms with Crippen LogP contribution in [0.25, 0.3) is 11.1 Å². The Balaban J connectivity index is 1.18. The molecule has 2 fully saturated rings. The van der Waals surface area contributed by atoms with E-state index in [4.69, 9.17) is 9.47 Å². The lowest BCUT2D eigenvalue weighted by Crippen LogP contribution is -2.50. The molecule has 6 rings (SSSR count). The molecule has 50 heavy (non-hydrogen) atoms. The number of halogens is 3. The highest BCUT2D eigenvalue weighted by Gasteiger charge is 2.47. The lowest BCUT2D eigenvalue weighted by atomic mass is 9.91. The maximum absolute atomic E-state index is 13.1. The third-order valence-electron chi connectivity index (χ3n) is 9.30. The molecule has 9 nitrogen and oxygen atoms in total. The van der Waals surface area contributed by atoms with E-state index in [1.165, 1.54) is 0 Å². The predicted octanol–water partition coefficient (Wildman–Crippen LogP) is 6.33. The quantitative estimate of drug-likeness (QED) is 0.186. The van der Waals surface area contributed by atoms with Gasteiger partial charge >= 0.3 is 12.1 Å². The Labute approximate surface area is 292 Å². The van der Waals surface area contributed by atoms with Crippen molar-refractivity contribution in [2.45, 2.75) is 68.8 Å². The van der Waals surface area contributed by atoms with Gasteiger partial charge in [-0.1, -0.05) is 91.5 Å². The van der Waals surface area contributed by atoms with E-state index in [0.29, 0.717) is 17.1 Å². The molecule has 4 aromatic rings. The molecule has 0 spiro atoms. The lowest BCUT2D eigenvalue weighted by molar-refractivity contribution is -0.268. The number of carbonyl (C=O) groups excluding carboxylic acids is 2. The molecular formula is C37H39F3N4O5S. The first-order chi connectivity index (χ1) is 24.0. The van der Waals surface area contributed by atoms with Crippen LogP contribution in [0, 0.1) is 5.92 Å². The van der Waals surface area contributed by atoms with E-state index in [0.717, 1.165) is 38.5 Å². The summed E-state index contributed by atoms with van der Waals surface area (Å²) in [6.45, 7) is 2.05. The number of alkyl halides is 3. The van der Waals surface area contributed by atoms with E-state index in [-0.39, 0.29) is 44.2 Å². The van der Waals surface area contributed by atoms with Crippen LogP contribution in [-0.2, 0) is 39.3 Å². The molecule has 1 aromatic heterocycles. The third-order valence-corrected chi connectivity index (χ3v) is 10.4. The van der Waals surface area contributed by atoms with Crippen molar-refractivity contribution in [3.05, 3.63) is 107 Å². The number of aryl methyl sites for hydroxylation is 1. The fourth-order valence-electron chi connectivity index (χ4n) is 6.48. The molecule has 0 saturated carbocycles. The summed E-state index contributed by atoms with van der Waals surface area (Å²) < 4.78 is 54.4. The number of amides is 2. The number of aliphatic hydroxyl groups excluding tert-OH is 1. The monoisotopic (exact) mass is 708 g/mol. The number of carbonyl (C=O) groups is 2. The Hall–Kier alpha value is -4.17.